The molecule has 24 heavy (non-hydrogen) atoms. The van der Waals surface area contributed by atoms with Crippen molar-refractivity contribution in [3.05, 3.63) is 77.9 Å². The number of carbonyl (C=O) groups is 1. The van der Waals surface area contributed by atoms with Crippen LogP contribution in [0.2, 0.25) is 0 Å². The monoisotopic (exact) mass is 343 g/mol. The highest BCUT2D eigenvalue weighted by molar-refractivity contribution is 7.99. The van der Waals surface area contributed by atoms with Crippen LogP contribution in [0.4, 0.5) is 4.39 Å². The second-order valence-electron chi connectivity index (χ2n) is 4.81. The van der Waals surface area contributed by atoms with Gasteiger partial charge < -0.3 is 4.42 Å². The highest BCUT2D eigenvalue weighted by Gasteiger charge is 2.07. The Hall–Kier alpha value is -2.64. The molecule has 0 spiro atoms. The van der Waals surface area contributed by atoms with E-state index < -0.39 is 11.7 Å². The Morgan fingerprint density at radius 3 is 2.88 bits per heavy atom. The van der Waals surface area contributed by atoms with Crippen molar-refractivity contribution >= 4 is 17.7 Å². The minimum absolute atomic E-state index is 0.244. The lowest BCUT2D eigenvalue weighted by Gasteiger charge is -2.05. The van der Waals surface area contributed by atoms with E-state index >= 15 is 0 Å². The Bertz CT molecular complexity index is 823. The predicted octanol–water partition coefficient (Wildman–Crippen LogP) is 3.40. The zero-order valence-corrected chi connectivity index (χ0v) is 13.3. The van der Waals surface area contributed by atoms with Crippen molar-refractivity contribution in [2.45, 2.75) is 16.7 Å². The molecule has 7 heteroatoms. The molecule has 0 aliphatic rings. The van der Waals surface area contributed by atoms with Gasteiger partial charge in [0.25, 0.3) is 5.91 Å². The molecule has 2 N–H and O–H groups in total. The molecule has 3 aromatic rings. The number of nitrogens with one attached hydrogen (secondary N) is 2. The number of carbonyl (C=O) groups excluding carboxylic acids is 1. The number of hydrogen-bond acceptors (Lipinski definition) is 5. The second kappa shape index (κ2) is 7.76. The molecule has 0 fully saturated rings. The summed E-state index contributed by atoms with van der Waals surface area (Å²) in [6.45, 7) is 0.309. The number of hydrogen-bond donors (Lipinski definition) is 2. The van der Waals surface area contributed by atoms with E-state index in [2.05, 4.69) is 15.8 Å². The van der Waals surface area contributed by atoms with Crippen LogP contribution < -0.4 is 10.9 Å². The number of amides is 1. The van der Waals surface area contributed by atoms with Crippen LogP contribution in [0, 0.1) is 5.82 Å². The van der Waals surface area contributed by atoms with E-state index in [-0.39, 0.29) is 5.56 Å². The van der Waals surface area contributed by atoms with Crippen LogP contribution in [0.3, 0.4) is 0 Å². The fourth-order valence-corrected chi connectivity index (χ4v) is 2.68. The summed E-state index contributed by atoms with van der Waals surface area (Å²) in [5.41, 5.74) is 5.50. The van der Waals surface area contributed by atoms with Crippen LogP contribution in [0.5, 0.6) is 0 Å². The third kappa shape index (κ3) is 4.43. The van der Waals surface area contributed by atoms with Gasteiger partial charge in [0, 0.05) is 11.8 Å². The Morgan fingerprint density at radius 1 is 1.17 bits per heavy atom. The fraction of sp³-hybridized carbons (Fsp3) is 0.0588. The first-order chi connectivity index (χ1) is 11.7. The van der Waals surface area contributed by atoms with Gasteiger partial charge in [-0.2, -0.15) is 0 Å². The molecular weight excluding hydrogens is 329 g/mol. The minimum atomic E-state index is -0.454. The Balaban J connectivity index is 1.50. The van der Waals surface area contributed by atoms with Crippen molar-refractivity contribution in [1.82, 2.24) is 15.8 Å². The van der Waals surface area contributed by atoms with Crippen LogP contribution in [0.15, 0.2) is 75.3 Å². The van der Waals surface area contributed by atoms with Crippen molar-refractivity contribution in [1.29, 1.82) is 0 Å². The summed E-state index contributed by atoms with van der Waals surface area (Å²) in [7, 11) is 0. The van der Waals surface area contributed by atoms with E-state index in [1.807, 2.05) is 30.3 Å². The van der Waals surface area contributed by atoms with Crippen LogP contribution >= 0.6 is 11.8 Å². The zero-order valence-electron chi connectivity index (χ0n) is 12.5. The summed E-state index contributed by atoms with van der Waals surface area (Å²) >= 11 is 1.41. The lowest BCUT2D eigenvalue weighted by atomic mass is 10.2. The number of aromatic nitrogens is 1. The molecule has 1 aromatic carbocycles. The minimum Gasteiger partial charge on any atom is -0.453 e. The standard InChI is InChI=1S/C17H14FN3O2S/c18-13-5-3-4-12(10-13)17(22)21-20-11-14-7-8-16(23-14)24-15-6-1-2-9-19-15/h1-10,20H,11H2,(H,21,22). The van der Waals surface area contributed by atoms with Gasteiger partial charge in [0.15, 0.2) is 5.09 Å². The summed E-state index contributed by atoms with van der Waals surface area (Å²) < 4.78 is 18.7. The average molecular weight is 343 g/mol. The SMILES string of the molecule is O=C(NNCc1ccc(Sc2ccccn2)o1)c1cccc(F)c1. The lowest BCUT2D eigenvalue weighted by Crippen LogP contribution is -2.36. The maximum absolute atomic E-state index is 13.1. The summed E-state index contributed by atoms with van der Waals surface area (Å²) in [5, 5.41) is 1.55. The van der Waals surface area contributed by atoms with Gasteiger partial charge in [0.1, 0.15) is 16.6 Å². The van der Waals surface area contributed by atoms with E-state index in [1.54, 1.807) is 6.20 Å². The van der Waals surface area contributed by atoms with Gasteiger partial charge in [0.05, 0.1) is 6.54 Å². The number of rotatable bonds is 6. The molecule has 0 aliphatic carbocycles. The second-order valence-corrected chi connectivity index (χ2v) is 5.83. The number of nitrogens with zero attached hydrogens (tertiary/aromatic N) is 1. The molecule has 5 nitrogen and oxygen atoms in total. The quantitative estimate of drug-likeness (QED) is 0.672. The molecule has 0 aliphatic heterocycles. The summed E-state index contributed by atoms with van der Waals surface area (Å²) in [6, 6.07) is 14.8. The van der Waals surface area contributed by atoms with Gasteiger partial charge in [-0.25, -0.2) is 14.8 Å². The Kier molecular flexibility index (Phi) is 5.25. The topological polar surface area (TPSA) is 67.2 Å². The zero-order chi connectivity index (χ0) is 16.8. The van der Waals surface area contributed by atoms with Crippen LogP contribution in [-0.2, 0) is 6.54 Å². The molecule has 0 bridgehead atoms. The number of pyridine rings is 1. The van der Waals surface area contributed by atoms with E-state index in [1.165, 1.54) is 36.0 Å². The third-order valence-corrected chi connectivity index (χ3v) is 3.90. The summed E-state index contributed by atoms with van der Waals surface area (Å²) in [4.78, 5) is 16.1. The van der Waals surface area contributed by atoms with Gasteiger partial charge in [-0.05, 0) is 54.2 Å². The van der Waals surface area contributed by atoms with Crippen LogP contribution in [0.1, 0.15) is 16.1 Å². The summed E-state index contributed by atoms with van der Waals surface area (Å²) in [6.07, 6.45) is 1.72. The highest BCUT2D eigenvalue weighted by Crippen LogP contribution is 2.27. The highest BCUT2D eigenvalue weighted by atomic mass is 32.2. The van der Waals surface area contributed by atoms with Crippen molar-refractivity contribution in [3.63, 3.8) is 0 Å². The molecule has 0 saturated heterocycles. The van der Waals surface area contributed by atoms with E-state index in [4.69, 9.17) is 4.42 Å². The van der Waals surface area contributed by atoms with Gasteiger partial charge in [-0.1, -0.05) is 12.1 Å². The predicted molar refractivity (Wildman–Crippen MR) is 87.8 cm³/mol. The number of furan rings is 1. The van der Waals surface area contributed by atoms with Crippen molar-refractivity contribution in [3.8, 4) is 0 Å². The maximum Gasteiger partial charge on any atom is 0.265 e. The van der Waals surface area contributed by atoms with Crippen LogP contribution in [-0.4, -0.2) is 10.9 Å². The molecule has 0 saturated carbocycles. The van der Waals surface area contributed by atoms with Gasteiger partial charge in [0.2, 0.25) is 0 Å². The number of benzene rings is 1. The average Bonchev–Trinajstić information content (AvgIpc) is 3.03. The maximum atomic E-state index is 13.1. The first-order valence-electron chi connectivity index (χ1n) is 7.17. The van der Waals surface area contributed by atoms with Gasteiger partial charge in [-0.15, -0.1) is 0 Å². The molecule has 0 atom stereocenters. The van der Waals surface area contributed by atoms with Crippen molar-refractivity contribution in [2.24, 2.45) is 0 Å². The molecule has 0 radical (unpaired) electrons. The van der Waals surface area contributed by atoms with Crippen LogP contribution in [0.25, 0.3) is 0 Å². The molecule has 3 rings (SSSR count). The third-order valence-electron chi connectivity index (χ3n) is 3.03. The smallest absolute Gasteiger partial charge is 0.265 e. The largest absolute Gasteiger partial charge is 0.453 e. The molecule has 2 aromatic heterocycles. The Labute approximate surface area is 142 Å². The van der Waals surface area contributed by atoms with E-state index in [0.29, 0.717) is 17.4 Å². The fourth-order valence-electron chi connectivity index (χ4n) is 1.93. The molecular formula is C17H14FN3O2S. The first kappa shape index (κ1) is 16.2. The molecule has 1 amide bonds. The molecule has 2 heterocycles. The van der Waals surface area contributed by atoms with Gasteiger partial charge >= 0.3 is 0 Å². The van der Waals surface area contributed by atoms with E-state index in [0.717, 1.165) is 5.03 Å². The van der Waals surface area contributed by atoms with Gasteiger partial charge in [-0.3, -0.25) is 10.2 Å². The number of halogens is 1. The first-order valence-corrected chi connectivity index (χ1v) is 7.99. The Morgan fingerprint density at radius 2 is 2.08 bits per heavy atom. The summed E-state index contributed by atoms with van der Waals surface area (Å²) in [5.74, 6) is -0.206. The molecule has 0 unspecified atom stereocenters. The van der Waals surface area contributed by atoms with Crippen molar-refractivity contribution < 1.29 is 13.6 Å². The molecule has 122 valence electrons. The van der Waals surface area contributed by atoms with Crippen molar-refractivity contribution in [2.75, 3.05) is 0 Å². The number of hydrazine groups is 1. The normalized spacial score (nSPS) is 10.5. The van der Waals surface area contributed by atoms with E-state index in [9.17, 15) is 9.18 Å². The lowest BCUT2D eigenvalue weighted by molar-refractivity contribution is 0.0930.